The van der Waals surface area contributed by atoms with E-state index in [1.807, 2.05) is 12.1 Å². The zero-order valence-electron chi connectivity index (χ0n) is 10.8. The van der Waals surface area contributed by atoms with Gasteiger partial charge in [-0.1, -0.05) is 25.8 Å². The van der Waals surface area contributed by atoms with E-state index in [2.05, 4.69) is 22.7 Å². The topological polar surface area (TPSA) is 83.2 Å². The highest BCUT2D eigenvalue weighted by Gasteiger charge is 2.34. The molecule has 1 heterocycles. The van der Waals surface area contributed by atoms with E-state index in [9.17, 15) is 5.11 Å². The molecule has 100 valence electrons. The Labute approximate surface area is 108 Å². The zero-order chi connectivity index (χ0) is 13.0. The number of nitrogen functional groups attached to an aromatic ring is 1. The monoisotopic (exact) mass is 250 g/mol. The molecule has 2 atom stereocenters. The van der Waals surface area contributed by atoms with Crippen molar-refractivity contribution in [3.63, 3.8) is 0 Å². The third-order valence-electron chi connectivity index (χ3n) is 3.68. The maximum atomic E-state index is 9.72. The van der Waals surface area contributed by atoms with Gasteiger partial charge in [-0.2, -0.15) is 0 Å². The van der Waals surface area contributed by atoms with Crippen molar-refractivity contribution in [2.45, 2.75) is 38.1 Å². The van der Waals surface area contributed by atoms with Crippen molar-refractivity contribution < 1.29 is 5.11 Å². The number of pyridine rings is 1. The van der Waals surface area contributed by atoms with Gasteiger partial charge in [0.05, 0.1) is 12.1 Å². The number of anilines is 2. The van der Waals surface area contributed by atoms with E-state index in [0.29, 0.717) is 11.7 Å². The van der Waals surface area contributed by atoms with Crippen LogP contribution in [0.4, 0.5) is 11.6 Å². The lowest BCUT2D eigenvalue weighted by molar-refractivity contribution is 0.149. The minimum Gasteiger partial charge on any atom is -0.394 e. The number of rotatable bonds is 4. The highest BCUT2D eigenvalue weighted by Crippen LogP contribution is 2.34. The van der Waals surface area contributed by atoms with Crippen LogP contribution in [0.1, 0.15) is 32.6 Å². The Kier molecular flexibility index (Phi) is 4.04. The summed E-state index contributed by atoms with van der Waals surface area (Å²) in [5.41, 5.74) is 2.29. The molecule has 18 heavy (non-hydrogen) atoms. The van der Waals surface area contributed by atoms with Crippen molar-refractivity contribution in [3.8, 4) is 0 Å². The molecule has 5 heteroatoms. The first kappa shape index (κ1) is 13.1. The number of aliphatic hydroxyl groups is 1. The summed E-state index contributed by atoms with van der Waals surface area (Å²) in [4.78, 5) is 4.35. The number of hydrogen-bond acceptors (Lipinski definition) is 5. The molecule has 1 aromatic heterocycles. The van der Waals surface area contributed by atoms with E-state index in [1.54, 1.807) is 6.07 Å². The maximum Gasteiger partial charge on any atom is 0.142 e. The van der Waals surface area contributed by atoms with Gasteiger partial charge in [0.25, 0.3) is 0 Å². The fraction of sp³-hybridized carbons (Fsp3) is 0.615. The molecule has 0 radical (unpaired) electrons. The van der Waals surface area contributed by atoms with Gasteiger partial charge in [-0.05, 0) is 30.9 Å². The van der Waals surface area contributed by atoms with Gasteiger partial charge in [-0.25, -0.2) is 10.8 Å². The van der Waals surface area contributed by atoms with Crippen molar-refractivity contribution >= 4 is 11.6 Å². The third-order valence-corrected chi connectivity index (χ3v) is 3.68. The lowest BCUT2D eigenvalue weighted by Gasteiger charge is -2.39. The molecule has 1 fully saturated rings. The Balaban J connectivity index is 2.13. The first-order chi connectivity index (χ1) is 8.67. The van der Waals surface area contributed by atoms with Crippen LogP contribution in [0.3, 0.4) is 0 Å². The van der Waals surface area contributed by atoms with E-state index in [0.717, 1.165) is 25.1 Å². The Morgan fingerprint density at radius 2 is 2.28 bits per heavy atom. The van der Waals surface area contributed by atoms with Crippen molar-refractivity contribution in [1.82, 2.24) is 4.98 Å². The van der Waals surface area contributed by atoms with E-state index < -0.39 is 0 Å². The van der Waals surface area contributed by atoms with Crippen molar-refractivity contribution in [2.24, 2.45) is 11.8 Å². The van der Waals surface area contributed by atoms with Gasteiger partial charge < -0.3 is 15.8 Å². The van der Waals surface area contributed by atoms with Gasteiger partial charge in [-0.15, -0.1) is 0 Å². The van der Waals surface area contributed by atoms with Crippen LogP contribution >= 0.6 is 0 Å². The molecule has 0 bridgehead atoms. The summed E-state index contributed by atoms with van der Waals surface area (Å²) in [6.07, 6.45) is 4.34. The van der Waals surface area contributed by atoms with Crippen LogP contribution in [-0.4, -0.2) is 22.2 Å². The Morgan fingerprint density at radius 1 is 1.50 bits per heavy atom. The molecule has 1 aliphatic carbocycles. The summed E-state index contributed by atoms with van der Waals surface area (Å²) >= 11 is 0. The summed E-state index contributed by atoms with van der Waals surface area (Å²) in [6, 6.07) is 5.60. The number of hydrazine groups is 1. The lowest BCUT2D eigenvalue weighted by Crippen LogP contribution is -2.46. The predicted octanol–water partition coefficient (Wildman–Crippen LogP) is 1.72. The van der Waals surface area contributed by atoms with Crippen molar-refractivity contribution in [1.29, 1.82) is 0 Å². The highest BCUT2D eigenvalue weighted by molar-refractivity contribution is 5.46. The Bertz CT molecular complexity index is 398. The molecule has 2 unspecified atom stereocenters. The molecule has 0 amide bonds. The highest BCUT2D eigenvalue weighted by atomic mass is 16.3. The molecular weight excluding hydrogens is 228 g/mol. The van der Waals surface area contributed by atoms with Crippen LogP contribution in [0.5, 0.6) is 0 Å². The normalized spacial score (nSPS) is 27.8. The van der Waals surface area contributed by atoms with E-state index in [4.69, 9.17) is 5.84 Å². The second-order valence-corrected chi connectivity index (χ2v) is 5.32. The van der Waals surface area contributed by atoms with Crippen molar-refractivity contribution in [3.05, 3.63) is 18.2 Å². The van der Waals surface area contributed by atoms with Crippen LogP contribution in [-0.2, 0) is 0 Å². The van der Waals surface area contributed by atoms with Gasteiger partial charge in [-0.3, -0.25) is 0 Å². The summed E-state index contributed by atoms with van der Waals surface area (Å²) in [5.74, 6) is 7.36. The second-order valence-electron chi connectivity index (χ2n) is 5.32. The minimum absolute atomic E-state index is 0.138. The Hall–Kier alpha value is -1.33. The summed E-state index contributed by atoms with van der Waals surface area (Å²) < 4.78 is 0. The fourth-order valence-corrected chi connectivity index (χ4v) is 2.81. The number of nitrogens with two attached hydrogens (primary N) is 1. The molecule has 1 aliphatic rings. The van der Waals surface area contributed by atoms with Crippen LogP contribution in [0.25, 0.3) is 0 Å². The van der Waals surface area contributed by atoms with E-state index >= 15 is 0 Å². The lowest BCUT2D eigenvalue weighted by atomic mass is 9.77. The molecule has 1 aromatic rings. The first-order valence-corrected chi connectivity index (χ1v) is 6.50. The standard InChI is InChI=1S/C13H22N4O/c1-10-4-3-7-13(8-10,9-18)16-11-5-2-6-12(15-11)17-14/h2,5-6,10,18H,3-4,7-9,14H2,1H3,(H2,15,16,17). The SMILES string of the molecule is CC1CCCC(CO)(Nc2cccc(NN)n2)C1. The van der Waals surface area contributed by atoms with Crippen LogP contribution < -0.4 is 16.6 Å². The summed E-state index contributed by atoms with van der Waals surface area (Å²) in [6.45, 7) is 2.37. The first-order valence-electron chi connectivity index (χ1n) is 6.50. The average Bonchev–Trinajstić information content (AvgIpc) is 2.39. The largest absolute Gasteiger partial charge is 0.394 e. The van der Waals surface area contributed by atoms with Gasteiger partial charge >= 0.3 is 0 Å². The number of aromatic nitrogens is 1. The van der Waals surface area contributed by atoms with Gasteiger partial charge in [0.1, 0.15) is 11.6 Å². The number of nitrogens with one attached hydrogen (secondary N) is 2. The van der Waals surface area contributed by atoms with Crippen LogP contribution in [0.15, 0.2) is 18.2 Å². The van der Waals surface area contributed by atoms with Crippen molar-refractivity contribution in [2.75, 3.05) is 17.3 Å². The molecule has 5 nitrogen and oxygen atoms in total. The van der Waals surface area contributed by atoms with E-state index in [1.165, 1.54) is 6.42 Å². The van der Waals surface area contributed by atoms with Crippen LogP contribution in [0.2, 0.25) is 0 Å². The van der Waals surface area contributed by atoms with E-state index in [-0.39, 0.29) is 12.1 Å². The Morgan fingerprint density at radius 3 is 2.94 bits per heavy atom. The molecule has 0 aliphatic heterocycles. The average molecular weight is 250 g/mol. The number of nitrogens with zero attached hydrogens (tertiary/aromatic N) is 1. The molecule has 1 saturated carbocycles. The molecule has 0 spiro atoms. The molecule has 2 rings (SSSR count). The molecule has 0 saturated heterocycles. The molecule has 0 aromatic carbocycles. The van der Waals surface area contributed by atoms with Gasteiger partial charge in [0, 0.05) is 0 Å². The maximum absolute atomic E-state index is 9.72. The quantitative estimate of drug-likeness (QED) is 0.483. The third kappa shape index (κ3) is 2.91. The number of aliphatic hydroxyl groups excluding tert-OH is 1. The second kappa shape index (κ2) is 5.54. The number of hydrogen-bond donors (Lipinski definition) is 4. The summed E-state index contributed by atoms with van der Waals surface area (Å²) in [7, 11) is 0. The predicted molar refractivity (Wildman–Crippen MR) is 73.1 cm³/mol. The molecule has 5 N–H and O–H groups in total. The smallest absolute Gasteiger partial charge is 0.142 e. The van der Waals surface area contributed by atoms with Crippen LogP contribution in [0, 0.1) is 5.92 Å². The van der Waals surface area contributed by atoms with Gasteiger partial charge in [0.15, 0.2) is 0 Å². The minimum atomic E-state index is -0.238. The zero-order valence-corrected chi connectivity index (χ0v) is 10.8. The molecular formula is C13H22N4O. The fourth-order valence-electron chi connectivity index (χ4n) is 2.81. The summed E-state index contributed by atoms with van der Waals surface area (Å²) in [5, 5.41) is 13.1. The van der Waals surface area contributed by atoms with Gasteiger partial charge in [0.2, 0.25) is 0 Å².